The summed E-state index contributed by atoms with van der Waals surface area (Å²) in [7, 11) is 3.22. The number of methoxy groups -OCH3 is 2. The van der Waals surface area contributed by atoms with Crippen molar-refractivity contribution < 1.29 is 19.3 Å². The Morgan fingerprint density at radius 2 is 1.65 bits per heavy atom. The van der Waals surface area contributed by atoms with Crippen LogP contribution in [0.4, 0.5) is 0 Å². The second-order valence-electron chi connectivity index (χ2n) is 9.39. The van der Waals surface area contributed by atoms with Gasteiger partial charge in [-0.15, -0.1) is 5.10 Å². The van der Waals surface area contributed by atoms with Crippen LogP contribution in [-0.2, 0) is 0 Å². The number of aromatic nitrogens is 6. The summed E-state index contributed by atoms with van der Waals surface area (Å²) >= 11 is 0. The highest BCUT2D eigenvalue weighted by atomic mass is 16.5. The van der Waals surface area contributed by atoms with Crippen LogP contribution in [0.3, 0.4) is 0 Å². The van der Waals surface area contributed by atoms with E-state index in [2.05, 4.69) is 10.1 Å². The molecule has 0 amide bonds. The van der Waals surface area contributed by atoms with Gasteiger partial charge in [0, 0.05) is 0 Å². The van der Waals surface area contributed by atoms with Crippen molar-refractivity contribution in [2.24, 2.45) is 0 Å². The largest absolute Gasteiger partial charge is 0.507 e. The third kappa shape index (κ3) is 3.57. The molecule has 0 bridgehead atoms. The number of hydrogen-bond donors (Lipinski definition) is 1. The monoisotopic (exact) mass is 532 g/mol. The Labute approximate surface area is 229 Å². The van der Waals surface area contributed by atoms with Crippen LogP contribution in [0.5, 0.6) is 29.0 Å². The summed E-state index contributed by atoms with van der Waals surface area (Å²) in [5.74, 6) is 2.29. The highest BCUT2D eigenvalue weighted by Crippen LogP contribution is 2.50. The van der Waals surface area contributed by atoms with E-state index in [4.69, 9.17) is 24.3 Å². The first-order chi connectivity index (χ1) is 19.6. The smallest absolute Gasteiger partial charge is 0.230 e. The Morgan fingerprint density at radius 3 is 2.42 bits per heavy atom. The zero-order valence-electron chi connectivity index (χ0n) is 21.9. The van der Waals surface area contributed by atoms with Crippen molar-refractivity contribution in [2.75, 3.05) is 14.2 Å². The molecule has 3 aromatic heterocycles. The molecule has 0 saturated carbocycles. The maximum Gasteiger partial charge on any atom is 0.230 e. The van der Waals surface area contributed by atoms with E-state index in [0.29, 0.717) is 40.3 Å². The average Bonchev–Trinajstić information content (AvgIpc) is 3.57. The lowest BCUT2D eigenvalue weighted by atomic mass is 9.84. The molecule has 0 radical (unpaired) electrons. The molecule has 3 aromatic carbocycles. The minimum atomic E-state index is -0.367. The molecule has 0 fully saturated rings. The maximum absolute atomic E-state index is 10.5. The highest BCUT2D eigenvalue weighted by molar-refractivity contribution is 5.71. The van der Waals surface area contributed by atoms with Gasteiger partial charge in [0.15, 0.2) is 23.0 Å². The summed E-state index contributed by atoms with van der Waals surface area (Å²) < 4.78 is 21.1. The standard InChI is InChI=1S/C30H24N6O4/c1-17-24-25(18-13-14-22(38-2)23(15-18)39-3)26-28-32-27(20-11-7-8-12-21(20)37)34-35(28)16-31-29(26)40-30(24)36(33-17)19-9-5-4-6-10-19/h4-16,25,37H,1-3H3/t25-/m1/s1. The molecule has 198 valence electrons. The zero-order chi connectivity index (χ0) is 27.4. The molecule has 0 aliphatic carbocycles. The predicted molar refractivity (Wildman–Crippen MR) is 147 cm³/mol. The molecule has 0 unspecified atom stereocenters. The van der Waals surface area contributed by atoms with Crippen LogP contribution in [0.25, 0.3) is 22.7 Å². The van der Waals surface area contributed by atoms with Crippen LogP contribution in [0, 0.1) is 6.92 Å². The molecule has 10 nitrogen and oxygen atoms in total. The van der Waals surface area contributed by atoms with Crippen molar-refractivity contribution in [3.05, 3.63) is 102 Å². The lowest BCUT2D eigenvalue weighted by molar-refractivity contribution is 0.354. The van der Waals surface area contributed by atoms with E-state index >= 15 is 0 Å². The lowest BCUT2D eigenvalue weighted by Gasteiger charge is -2.26. The first-order valence-corrected chi connectivity index (χ1v) is 12.7. The lowest BCUT2D eigenvalue weighted by Crippen LogP contribution is -2.16. The number of phenols is 1. The topological polar surface area (TPSA) is 109 Å². The number of aryl methyl sites for hydroxylation is 1. The first kappa shape index (κ1) is 23.7. The van der Waals surface area contributed by atoms with Crippen LogP contribution in [-0.4, -0.2) is 48.7 Å². The zero-order valence-corrected chi connectivity index (χ0v) is 21.9. The third-order valence-electron chi connectivity index (χ3n) is 7.11. The SMILES string of the molecule is COc1ccc([C@@H]2c3c(C)nn(-c4ccccc4)c3Oc3ncn4nc(-c5ccccc5O)nc4c32)cc1OC. The number of fused-ring (bicyclic) bond motifs is 4. The molecule has 1 atom stereocenters. The number of benzene rings is 3. The second-order valence-corrected chi connectivity index (χ2v) is 9.39. The van der Waals surface area contributed by atoms with Gasteiger partial charge < -0.3 is 19.3 Å². The van der Waals surface area contributed by atoms with Gasteiger partial charge in [0.05, 0.1) is 48.2 Å². The summed E-state index contributed by atoms with van der Waals surface area (Å²) in [6.07, 6.45) is 1.57. The molecule has 7 rings (SSSR count). The van der Waals surface area contributed by atoms with Crippen molar-refractivity contribution in [1.29, 1.82) is 0 Å². The summed E-state index contributed by atoms with van der Waals surface area (Å²) in [6, 6.07) is 22.6. The van der Waals surface area contributed by atoms with Gasteiger partial charge in [-0.2, -0.15) is 5.10 Å². The van der Waals surface area contributed by atoms with Crippen molar-refractivity contribution >= 4 is 5.65 Å². The summed E-state index contributed by atoms with van der Waals surface area (Å²) in [4.78, 5) is 9.52. The molecular formula is C30H24N6O4. The summed E-state index contributed by atoms with van der Waals surface area (Å²) in [5, 5.41) is 20.0. The van der Waals surface area contributed by atoms with E-state index in [1.165, 1.54) is 0 Å². The quantitative estimate of drug-likeness (QED) is 0.318. The number of nitrogens with zero attached hydrogens (tertiary/aromatic N) is 6. The van der Waals surface area contributed by atoms with E-state index in [1.54, 1.807) is 47.9 Å². The number of rotatable bonds is 5. The van der Waals surface area contributed by atoms with Gasteiger partial charge in [0.25, 0.3) is 0 Å². The van der Waals surface area contributed by atoms with E-state index in [0.717, 1.165) is 28.1 Å². The Balaban J connectivity index is 1.51. The van der Waals surface area contributed by atoms with Gasteiger partial charge in [-0.25, -0.2) is 19.2 Å². The number of aromatic hydroxyl groups is 1. The van der Waals surface area contributed by atoms with Crippen molar-refractivity contribution in [3.63, 3.8) is 0 Å². The Kier molecular flexibility index (Phi) is 5.41. The number of phenolic OH excluding ortho intramolecular Hbond substituents is 1. The molecule has 0 saturated heterocycles. The minimum absolute atomic E-state index is 0.0928. The molecule has 10 heteroatoms. The van der Waals surface area contributed by atoms with Gasteiger partial charge >= 0.3 is 0 Å². The molecule has 1 aliphatic heterocycles. The molecule has 0 spiro atoms. The summed E-state index contributed by atoms with van der Waals surface area (Å²) in [5.41, 5.74) is 5.27. The van der Waals surface area contributed by atoms with Crippen molar-refractivity contribution in [3.8, 4) is 46.1 Å². The molecule has 40 heavy (non-hydrogen) atoms. The molecule has 6 aromatic rings. The molecule has 1 aliphatic rings. The normalized spacial score (nSPS) is 13.9. The Morgan fingerprint density at radius 1 is 0.875 bits per heavy atom. The van der Waals surface area contributed by atoms with Crippen molar-refractivity contribution in [2.45, 2.75) is 12.8 Å². The fourth-order valence-corrected chi connectivity index (χ4v) is 5.26. The third-order valence-corrected chi connectivity index (χ3v) is 7.11. The van der Waals surface area contributed by atoms with Crippen LogP contribution in [0.15, 0.2) is 79.1 Å². The molecule has 1 N–H and O–H groups in total. The summed E-state index contributed by atoms with van der Waals surface area (Å²) in [6.45, 7) is 1.96. The van der Waals surface area contributed by atoms with E-state index in [-0.39, 0.29) is 11.7 Å². The van der Waals surface area contributed by atoms with E-state index in [1.807, 2.05) is 61.5 Å². The second kappa shape index (κ2) is 9.12. The highest BCUT2D eigenvalue weighted by Gasteiger charge is 2.38. The number of hydrogen-bond acceptors (Lipinski definition) is 8. The van der Waals surface area contributed by atoms with Crippen LogP contribution < -0.4 is 14.2 Å². The van der Waals surface area contributed by atoms with Crippen LogP contribution >= 0.6 is 0 Å². The van der Waals surface area contributed by atoms with Gasteiger partial charge in [-0.05, 0) is 48.9 Å². The van der Waals surface area contributed by atoms with Crippen LogP contribution in [0.2, 0.25) is 0 Å². The Hall–Kier alpha value is -5.38. The average molecular weight is 533 g/mol. The maximum atomic E-state index is 10.5. The van der Waals surface area contributed by atoms with Gasteiger partial charge in [0.2, 0.25) is 11.8 Å². The minimum Gasteiger partial charge on any atom is -0.507 e. The number of ether oxygens (including phenoxy) is 3. The van der Waals surface area contributed by atoms with Crippen molar-refractivity contribution in [1.82, 2.24) is 29.4 Å². The Bertz CT molecular complexity index is 1900. The molecule has 4 heterocycles. The fourth-order valence-electron chi connectivity index (χ4n) is 5.26. The van der Waals surface area contributed by atoms with Gasteiger partial charge in [0.1, 0.15) is 12.1 Å². The van der Waals surface area contributed by atoms with Gasteiger partial charge in [-0.1, -0.05) is 36.4 Å². The number of para-hydroxylation sites is 2. The van der Waals surface area contributed by atoms with Crippen LogP contribution in [0.1, 0.15) is 28.3 Å². The van der Waals surface area contributed by atoms with Gasteiger partial charge in [-0.3, -0.25) is 0 Å². The predicted octanol–water partition coefficient (Wildman–Crippen LogP) is 5.29. The van der Waals surface area contributed by atoms with E-state index < -0.39 is 0 Å². The first-order valence-electron chi connectivity index (χ1n) is 12.7. The molecular weight excluding hydrogens is 508 g/mol. The van der Waals surface area contributed by atoms with E-state index in [9.17, 15) is 5.11 Å². The fraction of sp³-hybridized carbons (Fsp3) is 0.133.